The number of halogens is 1. The molecule has 3 aromatic heterocycles. The lowest BCUT2D eigenvalue weighted by Crippen LogP contribution is -2.12. The number of anilines is 1. The summed E-state index contributed by atoms with van der Waals surface area (Å²) in [5.74, 6) is -0.766. The molecule has 0 saturated heterocycles. The molecule has 9 heteroatoms. The maximum Gasteiger partial charge on any atom is 0.341 e. The molecule has 0 atom stereocenters. The van der Waals surface area contributed by atoms with Crippen LogP contribution in [0, 0.1) is 0 Å². The minimum Gasteiger partial charge on any atom is -0.462 e. The summed E-state index contributed by atoms with van der Waals surface area (Å²) >= 11 is 5.68. The van der Waals surface area contributed by atoms with Gasteiger partial charge in [0.1, 0.15) is 11.4 Å². The van der Waals surface area contributed by atoms with E-state index in [0.717, 1.165) is 0 Å². The fourth-order valence-corrected chi connectivity index (χ4v) is 2.07. The number of hydrogen-bond acceptors (Lipinski definition) is 8. The summed E-state index contributed by atoms with van der Waals surface area (Å²) in [7, 11) is 0. The van der Waals surface area contributed by atoms with Gasteiger partial charge in [0.25, 0.3) is 0 Å². The summed E-state index contributed by atoms with van der Waals surface area (Å²) in [5, 5.41) is -0.0345. The van der Waals surface area contributed by atoms with Crippen molar-refractivity contribution in [2.45, 2.75) is 6.92 Å². The van der Waals surface area contributed by atoms with E-state index in [9.17, 15) is 9.59 Å². The Morgan fingerprint density at radius 2 is 2.23 bits per heavy atom. The number of hydrogen-bond donors (Lipinski definition) is 1. The SMILES string of the molecule is CCOC(=O)c1cc2c(=O)c3nc(Cl)ncc3oc2nc1N. The molecule has 0 amide bonds. The van der Waals surface area contributed by atoms with Crippen LogP contribution < -0.4 is 11.2 Å². The molecule has 0 aliphatic heterocycles. The normalized spacial score (nSPS) is 11.0. The lowest BCUT2D eigenvalue weighted by Gasteiger charge is -2.06. The third-order valence-corrected chi connectivity index (χ3v) is 3.09. The van der Waals surface area contributed by atoms with Gasteiger partial charge in [-0.2, -0.15) is 4.98 Å². The summed E-state index contributed by atoms with van der Waals surface area (Å²) in [6, 6.07) is 1.27. The highest BCUT2D eigenvalue weighted by molar-refractivity contribution is 6.28. The number of pyridine rings is 1. The maximum atomic E-state index is 12.4. The van der Waals surface area contributed by atoms with Crippen LogP contribution in [0.5, 0.6) is 0 Å². The molecule has 0 aromatic carbocycles. The van der Waals surface area contributed by atoms with E-state index in [1.54, 1.807) is 6.92 Å². The number of fused-ring (bicyclic) bond motifs is 2. The van der Waals surface area contributed by atoms with Crippen LogP contribution in [0.1, 0.15) is 17.3 Å². The Labute approximate surface area is 127 Å². The predicted molar refractivity (Wildman–Crippen MR) is 78.8 cm³/mol. The monoisotopic (exact) mass is 320 g/mol. The van der Waals surface area contributed by atoms with Crippen LogP contribution in [0.25, 0.3) is 22.2 Å². The van der Waals surface area contributed by atoms with Crippen molar-refractivity contribution < 1.29 is 13.9 Å². The van der Waals surface area contributed by atoms with Crippen molar-refractivity contribution in [3.63, 3.8) is 0 Å². The van der Waals surface area contributed by atoms with Gasteiger partial charge >= 0.3 is 5.97 Å². The summed E-state index contributed by atoms with van der Waals surface area (Å²) in [6.07, 6.45) is 1.27. The summed E-state index contributed by atoms with van der Waals surface area (Å²) in [4.78, 5) is 35.8. The van der Waals surface area contributed by atoms with Gasteiger partial charge in [-0.15, -0.1) is 0 Å². The number of carbonyl (C=O) groups is 1. The van der Waals surface area contributed by atoms with Gasteiger partial charge in [-0.05, 0) is 24.6 Å². The summed E-state index contributed by atoms with van der Waals surface area (Å²) < 4.78 is 10.3. The Hall–Kier alpha value is -2.74. The number of carbonyl (C=O) groups excluding carboxylic acids is 1. The van der Waals surface area contributed by atoms with E-state index in [2.05, 4.69) is 15.0 Å². The quantitative estimate of drug-likeness (QED) is 0.428. The van der Waals surface area contributed by atoms with Gasteiger partial charge < -0.3 is 14.9 Å². The average Bonchev–Trinajstić information content (AvgIpc) is 2.48. The number of nitrogens with two attached hydrogens (primary N) is 1. The van der Waals surface area contributed by atoms with Gasteiger partial charge in [-0.25, -0.2) is 14.8 Å². The molecule has 2 N–H and O–H groups in total. The third kappa shape index (κ3) is 2.23. The molecule has 0 bridgehead atoms. The van der Waals surface area contributed by atoms with Crippen LogP contribution in [0.4, 0.5) is 5.82 Å². The first-order valence-corrected chi connectivity index (χ1v) is 6.61. The molecule has 3 aromatic rings. The highest BCUT2D eigenvalue weighted by atomic mass is 35.5. The van der Waals surface area contributed by atoms with Gasteiger partial charge in [0, 0.05) is 0 Å². The third-order valence-electron chi connectivity index (χ3n) is 2.90. The van der Waals surface area contributed by atoms with Crippen LogP contribution in [-0.4, -0.2) is 27.5 Å². The number of aromatic nitrogens is 3. The first kappa shape index (κ1) is 14.2. The Kier molecular flexibility index (Phi) is 3.38. The average molecular weight is 321 g/mol. The predicted octanol–water partition coefficient (Wildman–Crippen LogP) is 1.54. The van der Waals surface area contributed by atoms with Gasteiger partial charge in [0.15, 0.2) is 11.1 Å². The minimum absolute atomic E-state index is 0.00567. The second kappa shape index (κ2) is 5.23. The van der Waals surface area contributed by atoms with Crippen molar-refractivity contribution in [1.82, 2.24) is 15.0 Å². The molecule has 3 heterocycles. The van der Waals surface area contributed by atoms with Crippen molar-refractivity contribution in [1.29, 1.82) is 0 Å². The summed E-state index contributed by atoms with van der Waals surface area (Å²) in [5.41, 5.74) is 5.31. The zero-order valence-corrected chi connectivity index (χ0v) is 12.0. The Bertz CT molecular complexity index is 970. The molecule has 0 aliphatic rings. The van der Waals surface area contributed by atoms with Gasteiger partial charge in [-0.1, -0.05) is 0 Å². The van der Waals surface area contributed by atoms with Gasteiger partial charge in [0.2, 0.25) is 16.4 Å². The molecule has 0 unspecified atom stereocenters. The van der Waals surface area contributed by atoms with E-state index in [1.807, 2.05) is 0 Å². The zero-order valence-electron chi connectivity index (χ0n) is 11.3. The number of nitrogen functional groups attached to an aromatic ring is 1. The molecule has 0 radical (unpaired) electrons. The van der Waals surface area contributed by atoms with Crippen molar-refractivity contribution in [3.8, 4) is 0 Å². The van der Waals surface area contributed by atoms with Crippen LogP contribution in [-0.2, 0) is 4.74 Å². The van der Waals surface area contributed by atoms with Crippen molar-refractivity contribution in [2.75, 3.05) is 12.3 Å². The fraction of sp³-hybridized carbons (Fsp3) is 0.154. The van der Waals surface area contributed by atoms with Crippen molar-refractivity contribution >= 4 is 45.6 Å². The molecular weight excluding hydrogens is 312 g/mol. The van der Waals surface area contributed by atoms with E-state index in [0.29, 0.717) is 0 Å². The van der Waals surface area contributed by atoms with E-state index >= 15 is 0 Å². The van der Waals surface area contributed by atoms with Gasteiger partial charge in [-0.3, -0.25) is 4.79 Å². The number of nitrogens with zero attached hydrogens (tertiary/aromatic N) is 3. The molecule has 0 aliphatic carbocycles. The lowest BCUT2D eigenvalue weighted by atomic mass is 10.2. The van der Waals surface area contributed by atoms with Crippen molar-refractivity contribution in [2.24, 2.45) is 0 Å². The minimum atomic E-state index is -0.672. The van der Waals surface area contributed by atoms with E-state index < -0.39 is 11.4 Å². The molecule has 3 rings (SSSR count). The van der Waals surface area contributed by atoms with Crippen LogP contribution >= 0.6 is 11.6 Å². The first-order chi connectivity index (χ1) is 10.5. The maximum absolute atomic E-state index is 12.4. The number of rotatable bonds is 2. The smallest absolute Gasteiger partial charge is 0.341 e. The second-order valence-corrected chi connectivity index (χ2v) is 4.62. The Balaban J connectivity index is 2.35. The van der Waals surface area contributed by atoms with E-state index in [1.165, 1.54) is 12.3 Å². The molecular formula is C13H9ClN4O4. The first-order valence-electron chi connectivity index (χ1n) is 6.24. The molecule has 0 saturated carbocycles. The van der Waals surface area contributed by atoms with Crippen LogP contribution in [0.3, 0.4) is 0 Å². The molecule has 0 fully saturated rings. The van der Waals surface area contributed by atoms with Crippen LogP contribution in [0.2, 0.25) is 5.28 Å². The number of esters is 1. The molecule has 8 nitrogen and oxygen atoms in total. The molecule has 112 valence electrons. The highest BCUT2D eigenvalue weighted by Crippen LogP contribution is 2.20. The Morgan fingerprint density at radius 1 is 1.45 bits per heavy atom. The zero-order chi connectivity index (χ0) is 15.9. The fourth-order valence-electron chi connectivity index (χ4n) is 1.94. The number of ether oxygens (including phenoxy) is 1. The largest absolute Gasteiger partial charge is 0.462 e. The van der Waals surface area contributed by atoms with Crippen molar-refractivity contribution in [3.05, 3.63) is 33.3 Å². The molecule has 0 spiro atoms. The van der Waals surface area contributed by atoms with E-state index in [-0.39, 0.29) is 45.5 Å². The van der Waals surface area contributed by atoms with Gasteiger partial charge in [0.05, 0.1) is 18.2 Å². The van der Waals surface area contributed by atoms with Crippen LogP contribution in [0.15, 0.2) is 21.5 Å². The highest BCUT2D eigenvalue weighted by Gasteiger charge is 2.18. The lowest BCUT2D eigenvalue weighted by molar-refractivity contribution is 0.0527. The topological polar surface area (TPSA) is 121 Å². The van der Waals surface area contributed by atoms with E-state index in [4.69, 9.17) is 26.5 Å². The standard InChI is InChI=1S/C13H9ClN4O4/c1-2-21-12(20)6-3-5-9(19)8-7(4-16-13(14)17-8)22-11(5)18-10(6)15/h3-4H,2H2,1H3,(H2,15,18). The molecule has 22 heavy (non-hydrogen) atoms. The summed E-state index contributed by atoms with van der Waals surface area (Å²) in [6.45, 7) is 1.83. The Morgan fingerprint density at radius 3 is 2.95 bits per heavy atom. The second-order valence-electron chi connectivity index (χ2n) is 4.28.